The third-order valence-corrected chi connectivity index (χ3v) is 4.79. The summed E-state index contributed by atoms with van der Waals surface area (Å²) < 4.78 is 0. The summed E-state index contributed by atoms with van der Waals surface area (Å²) in [4.78, 5) is 15.8. The van der Waals surface area contributed by atoms with Crippen molar-refractivity contribution in [1.29, 1.82) is 0 Å². The molecule has 1 amide bonds. The largest absolute Gasteiger partial charge is 0.329 e. The van der Waals surface area contributed by atoms with Crippen LogP contribution in [0.2, 0.25) is 0 Å². The summed E-state index contributed by atoms with van der Waals surface area (Å²) in [5.41, 5.74) is 3.57. The Kier molecular flexibility index (Phi) is 3.54. The Balaban J connectivity index is 2.10. The van der Waals surface area contributed by atoms with Gasteiger partial charge in [0.1, 0.15) is 0 Å². The molecule has 1 aromatic rings. The first kappa shape index (κ1) is 13.0. The topological polar surface area (TPSA) is 32.3 Å². The Morgan fingerprint density at radius 1 is 1.47 bits per heavy atom. The van der Waals surface area contributed by atoms with E-state index in [1.54, 1.807) is 11.8 Å². The van der Waals surface area contributed by atoms with Gasteiger partial charge in [0.2, 0.25) is 0 Å². The fraction of sp³-hybridized carbons (Fsp3) is 0.533. The van der Waals surface area contributed by atoms with Crippen LogP contribution in [-0.4, -0.2) is 36.7 Å². The molecule has 0 aromatic heterocycles. The number of amides is 1. The van der Waals surface area contributed by atoms with Crippen molar-refractivity contribution in [3.05, 3.63) is 28.8 Å². The Morgan fingerprint density at radius 2 is 2.32 bits per heavy atom. The van der Waals surface area contributed by atoms with Gasteiger partial charge in [0.15, 0.2) is 0 Å². The fourth-order valence-electron chi connectivity index (χ4n) is 3.15. The second kappa shape index (κ2) is 5.17. The van der Waals surface area contributed by atoms with E-state index in [0.29, 0.717) is 0 Å². The van der Waals surface area contributed by atoms with E-state index >= 15 is 0 Å². The molecule has 3 rings (SSSR count). The van der Waals surface area contributed by atoms with Gasteiger partial charge in [-0.15, -0.1) is 11.8 Å². The highest BCUT2D eigenvalue weighted by atomic mass is 32.2. The van der Waals surface area contributed by atoms with Gasteiger partial charge in [-0.25, -0.2) is 0 Å². The lowest BCUT2D eigenvalue weighted by atomic mass is 9.98. The summed E-state index contributed by atoms with van der Waals surface area (Å²) in [6.07, 6.45) is 4.30. The van der Waals surface area contributed by atoms with Gasteiger partial charge in [0, 0.05) is 24.5 Å². The maximum Gasteiger partial charge on any atom is 0.255 e. The second-order valence-electron chi connectivity index (χ2n) is 5.23. The molecule has 0 bridgehead atoms. The first-order valence-corrected chi connectivity index (χ1v) is 8.21. The monoisotopic (exact) mass is 276 g/mol. The summed E-state index contributed by atoms with van der Waals surface area (Å²) in [7, 11) is 0. The van der Waals surface area contributed by atoms with Gasteiger partial charge in [-0.3, -0.25) is 4.79 Å². The van der Waals surface area contributed by atoms with Crippen molar-refractivity contribution in [2.24, 2.45) is 0 Å². The molecule has 102 valence electrons. The van der Waals surface area contributed by atoms with E-state index in [1.807, 2.05) is 4.90 Å². The number of hydrogen-bond donors (Lipinski definition) is 1. The van der Waals surface area contributed by atoms with Crippen LogP contribution in [0.1, 0.15) is 40.9 Å². The molecule has 1 atom stereocenters. The van der Waals surface area contributed by atoms with Gasteiger partial charge < -0.3 is 10.2 Å². The van der Waals surface area contributed by atoms with E-state index in [0.717, 1.165) is 42.9 Å². The molecule has 4 heteroatoms. The van der Waals surface area contributed by atoms with E-state index in [-0.39, 0.29) is 11.9 Å². The van der Waals surface area contributed by atoms with Crippen molar-refractivity contribution >= 4 is 17.7 Å². The van der Waals surface area contributed by atoms with Crippen molar-refractivity contribution in [2.75, 3.05) is 25.9 Å². The quantitative estimate of drug-likeness (QED) is 0.861. The maximum absolute atomic E-state index is 12.6. The standard InChI is InChI=1S/C15H20N2OS/c1-3-4-10-7-11-12-9-16-5-6-17(12)15(18)14(11)13(8-10)19-2/h7-8,12,16H,3-6,9H2,1-2H3/t12-/m1/s1. The molecule has 1 aromatic carbocycles. The van der Waals surface area contributed by atoms with Crippen LogP contribution in [0, 0.1) is 0 Å². The molecule has 3 nitrogen and oxygen atoms in total. The number of rotatable bonds is 3. The Labute approximate surface area is 118 Å². The third kappa shape index (κ3) is 2.07. The van der Waals surface area contributed by atoms with Gasteiger partial charge in [0.05, 0.1) is 11.6 Å². The van der Waals surface area contributed by atoms with Crippen LogP contribution in [0.4, 0.5) is 0 Å². The highest BCUT2D eigenvalue weighted by Crippen LogP contribution is 2.39. The molecule has 0 saturated carbocycles. The zero-order valence-corrected chi connectivity index (χ0v) is 12.3. The second-order valence-corrected chi connectivity index (χ2v) is 6.08. The van der Waals surface area contributed by atoms with E-state index in [4.69, 9.17) is 0 Å². The first-order chi connectivity index (χ1) is 9.26. The van der Waals surface area contributed by atoms with Crippen molar-refractivity contribution in [3.63, 3.8) is 0 Å². The molecule has 0 unspecified atom stereocenters. The van der Waals surface area contributed by atoms with Gasteiger partial charge >= 0.3 is 0 Å². The molecule has 2 aliphatic rings. The lowest BCUT2D eigenvalue weighted by Gasteiger charge is -2.30. The normalized spacial score (nSPS) is 21.5. The smallest absolute Gasteiger partial charge is 0.255 e. The number of nitrogens with one attached hydrogen (secondary N) is 1. The van der Waals surface area contributed by atoms with Gasteiger partial charge in [-0.05, 0) is 29.9 Å². The van der Waals surface area contributed by atoms with Crippen LogP contribution in [0.5, 0.6) is 0 Å². The van der Waals surface area contributed by atoms with Crippen molar-refractivity contribution < 1.29 is 4.79 Å². The lowest BCUT2D eigenvalue weighted by Crippen LogP contribution is -2.44. The average molecular weight is 276 g/mol. The summed E-state index contributed by atoms with van der Waals surface area (Å²) in [6, 6.07) is 4.71. The Hall–Kier alpha value is -1.00. The number of aryl methyl sites for hydroxylation is 1. The van der Waals surface area contributed by atoms with Crippen molar-refractivity contribution in [1.82, 2.24) is 10.2 Å². The van der Waals surface area contributed by atoms with E-state index in [2.05, 4.69) is 30.6 Å². The fourth-order valence-corrected chi connectivity index (χ4v) is 3.83. The molecule has 1 saturated heterocycles. The zero-order valence-electron chi connectivity index (χ0n) is 11.5. The number of fused-ring (bicyclic) bond motifs is 3. The zero-order chi connectivity index (χ0) is 13.4. The predicted octanol–water partition coefficient (Wildman–Crippen LogP) is 2.46. The van der Waals surface area contributed by atoms with Crippen LogP contribution in [0.15, 0.2) is 17.0 Å². The summed E-state index contributed by atoms with van der Waals surface area (Å²) in [5.74, 6) is 0.230. The van der Waals surface area contributed by atoms with E-state index < -0.39 is 0 Å². The molecular formula is C15H20N2OS. The van der Waals surface area contributed by atoms with E-state index in [1.165, 1.54) is 11.1 Å². The van der Waals surface area contributed by atoms with Gasteiger partial charge in [-0.2, -0.15) is 0 Å². The predicted molar refractivity (Wildman–Crippen MR) is 78.9 cm³/mol. The lowest BCUT2D eigenvalue weighted by molar-refractivity contribution is 0.0688. The molecule has 0 aliphatic carbocycles. The molecule has 0 spiro atoms. The number of benzene rings is 1. The Morgan fingerprint density at radius 3 is 3.05 bits per heavy atom. The minimum atomic E-state index is 0.230. The molecular weight excluding hydrogens is 256 g/mol. The van der Waals surface area contributed by atoms with Crippen LogP contribution >= 0.6 is 11.8 Å². The average Bonchev–Trinajstić information content (AvgIpc) is 2.73. The van der Waals surface area contributed by atoms with Crippen LogP contribution in [0.3, 0.4) is 0 Å². The molecule has 1 N–H and O–H groups in total. The number of piperazine rings is 1. The molecule has 2 heterocycles. The Bertz CT molecular complexity index is 515. The summed E-state index contributed by atoms with van der Waals surface area (Å²) in [6.45, 7) is 4.83. The number of carbonyl (C=O) groups excluding carboxylic acids is 1. The minimum Gasteiger partial charge on any atom is -0.329 e. The minimum absolute atomic E-state index is 0.230. The van der Waals surface area contributed by atoms with Gasteiger partial charge in [-0.1, -0.05) is 19.4 Å². The first-order valence-electron chi connectivity index (χ1n) is 6.98. The highest BCUT2D eigenvalue weighted by molar-refractivity contribution is 7.98. The molecule has 0 radical (unpaired) electrons. The van der Waals surface area contributed by atoms with Gasteiger partial charge in [0.25, 0.3) is 5.91 Å². The van der Waals surface area contributed by atoms with E-state index in [9.17, 15) is 4.79 Å². The maximum atomic E-state index is 12.6. The number of carbonyl (C=O) groups is 1. The number of nitrogens with zero attached hydrogens (tertiary/aromatic N) is 1. The SMILES string of the molecule is CCCc1cc(SC)c2c(c1)[C@H]1CNCCN1C2=O. The van der Waals surface area contributed by atoms with Crippen molar-refractivity contribution in [2.45, 2.75) is 30.7 Å². The van der Waals surface area contributed by atoms with Crippen molar-refractivity contribution in [3.8, 4) is 0 Å². The van der Waals surface area contributed by atoms with Crippen LogP contribution in [0.25, 0.3) is 0 Å². The summed E-state index contributed by atoms with van der Waals surface area (Å²) >= 11 is 1.70. The van der Waals surface area contributed by atoms with Crippen LogP contribution in [-0.2, 0) is 6.42 Å². The third-order valence-electron chi connectivity index (χ3n) is 4.03. The molecule has 1 fully saturated rings. The number of hydrogen-bond acceptors (Lipinski definition) is 3. The molecule has 2 aliphatic heterocycles. The summed E-state index contributed by atoms with van der Waals surface area (Å²) in [5, 5.41) is 3.41. The molecule has 19 heavy (non-hydrogen) atoms. The highest BCUT2D eigenvalue weighted by Gasteiger charge is 2.39. The number of thioether (sulfide) groups is 1. The van der Waals surface area contributed by atoms with Crippen LogP contribution < -0.4 is 5.32 Å².